The average molecular weight is 210 g/mol. The van der Waals surface area contributed by atoms with Crippen molar-refractivity contribution in [2.45, 2.75) is 20.0 Å². The van der Waals surface area contributed by atoms with Gasteiger partial charge in [0.05, 0.1) is 4.92 Å². The third kappa shape index (κ3) is 2.92. The van der Waals surface area contributed by atoms with Crippen molar-refractivity contribution in [2.24, 2.45) is 5.73 Å². The van der Waals surface area contributed by atoms with Crippen molar-refractivity contribution in [3.8, 4) is 5.75 Å². The quantitative estimate of drug-likeness (QED) is 0.605. The molecule has 2 N–H and O–H groups in total. The van der Waals surface area contributed by atoms with E-state index >= 15 is 0 Å². The standard InChI is InChI=1S/C10H14N2O3/c1-7-3-4-9(12(13)14)10(5-7)15-8(2)6-11/h3-5,8H,6,11H2,1-2H3. The van der Waals surface area contributed by atoms with E-state index in [4.69, 9.17) is 10.5 Å². The Morgan fingerprint density at radius 2 is 2.27 bits per heavy atom. The Labute approximate surface area is 88.0 Å². The maximum atomic E-state index is 10.7. The van der Waals surface area contributed by atoms with Crippen molar-refractivity contribution >= 4 is 5.69 Å². The van der Waals surface area contributed by atoms with Gasteiger partial charge in [0.2, 0.25) is 0 Å². The number of rotatable bonds is 4. The van der Waals surface area contributed by atoms with Crippen LogP contribution in [0.2, 0.25) is 0 Å². The summed E-state index contributed by atoms with van der Waals surface area (Å²) in [5, 5.41) is 10.7. The summed E-state index contributed by atoms with van der Waals surface area (Å²) in [5.74, 6) is 0.276. The number of nitro benzene ring substituents is 1. The lowest BCUT2D eigenvalue weighted by Crippen LogP contribution is -2.23. The van der Waals surface area contributed by atoms with Crippen molar-refractivity contribution in [3.63, 3.8) is 0 Å². The molecule has 1 unspecified atom stereocenters. The lowest BCUT2D eigenvalue weighted by molar-refractivity contribution is -0.386. The normalized spacial score (nSPS) is 12.2. The molecule has 1 atom stereocenters. The Balaban J connectivity index is 3.02. The van der Waals surface area contributed by atoms with Gasteiger partial charge in [0.25, 0.3) is 0 Å². The second-order valence-electron chi connectivity index (χ2n) is 3.39. The fourth-order valence-electron chi connectivity index (χ4n) is 1.13. The van der Waals surface area contributed by atoms with Gasteiger partial charge in [-0.05, 0) is 25.5 Å². The van der Waals surface area contributed by atoms with Crippen LogP contribution in [0, 0.1) is 17.0 Å². The van der Waals surface area contributed by atoms with Gasteiger partial charge >= 0.3 is 5.69 Å². The zero-order valence-corrected chi connectivity index (χ0v) is 8.77. The molecule has 82 valence electrons. The van der Waals surface area contributed by atoms with E-state index < -0.39 is 4.92 Å². The van der Waals surface area contributed by atoms with Crippen molar-refractivity contribution in [1.29, 1.82) is 0 Å². The molecule has 0 spiro atoms. The van der Waals surface area contributed by atoms with Gasteiger partial charge in [0, 0.05) is 12.6 Å². The summed E-state index contributed by atoms with van der Waals surface area (Å²) in [4.78, 5) is 10.2. The molecular formula is C10H14N2O3. The molecule has 0 heterocycles. The van der Waals surface area contributed by atoms with Gasteiger partial charge in [0.15, 0.2) is 5.75 Å². The highest BCUT2D eigenvalue weighted by Crippen LogP contribution is 2.28. The number of hydrogen-bond acceptors (Lipinski definition) is 4. The minimum atomic E-state index is -0.460. The summed E-state index contributed by atoms with van der Waals surface area (Å²) in [6.07, 6.45) is -0.231. The highest BCUT2D eigenvalue weighted by molar-refractivity contribution is 5.48. The molecule has 15 heavy (non-hydrogen) atoms. The Morgan fingerprint density at radius 1 is 1.60 bits per heavy atom. The van der Waals surface area contributed by atoms with E-state index in [1.54, 1.807) is 19.1 Å². The maximum Gasteiger partial charge on any atom is 0.310 e. The summed E-state index contributed by atoms with van der Waals surface area (Å²) in [6, 6.07) is 4.76. The zero-order chi connectivity index (χ0) is 11.4. The monoisotopic (exact) mass is 210 g/mol. The molecule has 1 aromatic carbocycles. The van der Waals surface area contributed by atoms with Crippen LogP contribution >= 0.6 is 0 Å². The lowest BCUT2D eigenvalue weighted by Gasteiger charge is -2.12. The molecule has 0 saturated carbocycles. The number of nitrogens with two attached hydrogens (primary N) is 1. The minimum Gasteiger partial charge on any atom is -0.482 e. The van der Waals surface area contributed by atoms with Crippen LogP contribution in [0.1, 0.15) is 12.5 Å². The lowest BCUT2D eigenvalue weighted by atomic mass is 10.2. The predicted octanol–water partition coefficient (Wildman–Crippen LogP) is 1.63. The van der Waals surface area contributed by atoms with Crippen LogP contribution in [0.4, 0.5) is 5.69 Å². The molecule has 1 aromatic rings. The molecule has 0 amide bonds. The number of ether oxygens (including phenoxy) is 1. The van der Waals surface area contributed by atoms with Crippen LogP contribution in [0.15, 0.2) is 18.2 Å². The van der Waals surface area contributed by atoms with Crippen molar-refractivity contribution < 1.29 is 9.66 Å². The molecule has 0 bridgehead atoms. The minimum absolute atomic E-state index is 0.0269. The van der Waals surface area contributed by atoms with E-state index in [2.05, 4.69) is 0 Å². The van der Waals surface area contributed by atoms with Crippen molar-refractivity contribution in [3.05, 3.63) is 33.9 Å². The summed E-state index contributed by atoms with van der Waals surface area (Å²) in [7, 11) is 0. The van der Waals surface area contributed by atoms with Crippen LogP contribution in [-0.2, 0) is 0 Å². The van der Waals surface area contributed by atoms with Gasteiger partial charge in [-0.15, -0.1) is 0 Å². The van der Waals surface area contributed by atoms with Gasteiger partial charge in [-0.1, -0.05) is 6.07 Å². The number of aryl methyl sites for hydroxylation is 1. The van der Waals surface area contributed by atoms with Gasteiger partial charge in [0.1, 0.15) is 6.10 Å². The Hall–Kier alpha value is -1.62. The third-order valence-corrected chi connectivity index (χ3v) is 1.97. The number of nitro groups is 1. The Bertz CT molecular complexity index is 366. The van der Waals surface area contributed by atoms with Crippen LogP contribution in [0.3, 0.4) is 0 Å². The molecule has 0 aliphatic carbocycles. The van der Waals surface area contributed by atoms with Gasteiger partial charge in [-0.25, -0.2) is 0 Å². The first-order valence-corrected chi connectivity index (χ1v) is 4.66. The zero-order valence-electron chi connectivity index (χ0n) is 8.77. The van der Waals surface area contributed by atoms with Crippen molar-refractivity contribution in [1.82, 2.24) is 0 Å². The first-order valence-electron chi connectivity index (χ1n) is 4.66. The SMILES string of the molecule is Cc1ccc([N+](=O)[O-])c(OC(C)CN)c1. The van der Waals surface area contributed by atoms with E-state index in [0.717, 1.165) is 5.56 Å². The molecule has 0 radical (unpaired) electrons. The Morgan fingerprint density at radius 3 is 2.80 bits per heavy atom. The maximum absolute atomic E-state index is 10.7. The second kappa shape index (κ2) is 4.75. The van der Waals surface area contributed by atoms with E-state index in [1.165, 1.54) is 6.07 Å². The number of nitrogens with zero attached hydrogens (tertiary/aromatic N) is 1. The first kappa shape index (κ1) is 11.5. The number of benzene rings is 1. The van der Waals surface area contributed by atoms with Crippen LogP contribution in [0.5, 0.6) is 5.75 Å². The molecule has 0 aliphatic heterocycles. The highest BCUT2D eigenvalue weighted by atomic mass is 16.6. The van der Waals surface area contributed by atoms with Gasteiger partial charge in [-0.2, -0.15) is 0 Å². The van der Waals surface area contributed by atoms with E-state index in [-0.39, 0.29) is 17.5 Å². The van der Waals surface area contributed by atoms with E-state index in [1.807, 2.05) is 6.92 Å². The third-order valence-electron chi connectivity index (χ3n) is 1.97. The molecule has 0 fully saturated rings. The van der Waals surface area contributed by atoms with Gasteiger partial charge in [-0.3, -0.25) is 10.1 Å². The van der Waals surface area contributed by atoms with Crippen LogP contribution in [0.25, 0.3) is 0 Å². The van der Waals surface area contributed by atoms with Crippen molar-refractivity contribution in [2.75, 3.05) is 6.54 Å². The molecule has 1 rings (SSSR count). The largest absolute Gasteiger partial charge is 0.482 e. The fourth-order valence-corrected chi connectivity index (χ4v) is 1.13. The summed E-state index contributed by atoms with van der Waals surface area (Å²) >= 11 is 0. The predicted molar refractivity (Wildman–Crippen MR) is 57.0 cm³/mol. The van der Waals surface area contributed by atoms with Crippen LogP contribution < -0.4 is 10.5 Å². The average Bonchev–Trinajstić information content (AvgIpc) is 2.17. The molecule has 0 aliphatic rings. The first-order chi connectivity index (χ1) is 7.04. The summed E-state index contributed by atoms with van der Waals surface area (Å²) in [5.41, 5.74) is 6.28. The van der Waals surface area contributed by atoms with Gasteiger partial charge < -0.3 is 10.5 Å². The van der Waals surface area contributed by atoms with E-state index in [9.17, 15) is 10.1 Å². The highest BCUT2D eigenvalue weighted by Gasteiger charge is 2.16. The van der Waals surface area contributed by atoms with E-state index in [0.29, 0.717) is 6.54 Å². The molecule has 0 saturated heterocycles. The molecule has 5 nitrogen and oxygen atoms in total. The molecule has 5 heteroatoms. The fraction of sp³-hybridized carbons (Fsp3) is 0.400. The molecular weight excluding hydrogens is 196 g/mol. The number of hydrogen-bond donors (Lipinski definition) is 1. The second-order valence-corrected chi connectivity index (χ2v) is 3.39. The Kier molecular flexibility index (Phi) is 3.62. The topological polar surface area (TPSA) is 78.4 Å². The summed E-state index contributed by atoms with van der Waals surface area (Å²) < 4.78 is 5.37. The smallest absolute Gasteiger partial charge is 0.310 e. The molecule has 0 aromatic heterocycles. The summed E-state index contributed by atoms with van der Waals surface area (Å²) in [6.45, 7) is 3.95. The van der Waals surface area contributed by atoms with Crippen LogP contribution in [-0.4, -0.2) is 17.6 Å².